The molecule has 3 nitrogen and oxygen atoms in total. The third kappa shape index (κ3) is 3.31. The molecular weight excluding hydrogens is 219 g/mol. The highest BCUT2D eigenvalue weighted by atomic mass is 19.1. The molecular formula is C13H11FN2O. The number of para-hydroxylation sites is 1. The van der Waals surface area contributed by atoms with Crippen molar-refractivity contribution in [1.29, 1.82) is 0 Å². The number of amides is 2. The van der Waals surface area contributed by atoms with Crippen LogP contribution in [0.25, 0.3) is 0 Å². The van der Waals surface area contributed by atoms with Crippen LogP contribution in [0.4, 0.5) is 20.6 Å². The van der Waals surface area contributed by atoms with Gasteiger partial charge in [0, 0.05) is 11.4 Å². The van der Waals surface area contributed by atoms with Crippen LogP contribution >= 0.6 is 0 Å². The van der Waals surface area contributed by atoms with Crippen LogP contribution in [0.15, 0.2) is 54.6 Å². The lowest BCUT2D eigenvalue weighted by molar-refractivity contribution is 0.262. The zero-order valence-electron chi connectivity index (χ0n) is 8.98. The number of carbonyl (C=O) groups excluding carboxylic acids is 1. The molecule has 2 amide bonds. The van der Waals surface area contributed by atoms with Crippen LogP contribution in [-0.2, 0) is 0 Å². The van der Waals surface area contributed by atoms with E-state index in [1.807, 2.05) is 18.2 Å². The molecule has 2 N–H and O–H groups in total. The van der Waals surface area contributed by atoms with Gasteiger partial charge in [-0.05, 0) is 30.3 Å². The van der Waals surface area contributed by atoms with Crippen LogP contribution in [0.2, 0.25) is 0 Å². The number of nitrogens with one attached hydrogen (secondary N) is 2. The van der Waals surface area contributed by atoms with Crippen molar-refractivity contribution >= 4 is 17.4 Å². The number of carbonyl (C=O) groups is 1. The van der Waals surface area contributed by atoms with E-state index in [9.17, 15) is 9.18 Å². The lowest BCUT2D eigenvalue weighted by atomic mass is 10.3. The Labute approximate surface area is 98.3 Å². The number of benzene rings is 2. The Morgan fingerprint density at radius 2 is 1.53 bits per heavy atom. The summed E-state index contributed by atoms with van der Waals surface area (Å²) in [5.74, 6) is -0.387. The normalized spacial score (nSPS) is 9.71. The van der Waals surface area contributed by atoms with E-state index in [1.165, 1.54) is 18.2 Å². The van der Waals surface area contributed by atoms with Crippen LogP contribution in [0.1, 0.15) is 0 Å². The first-order valence-electron chi connectivity index (χ1n) is 5.13. The van der Waals surface area contributed by atoms with Crippen molar-refractivity contribution in [2.45, 2.75) is 0 Å². The number of hydrogen-bond donors (Lipinski definition) is 2. The molecule has 2 aromatic carbocycles. The van der Waals surface area contributed by atoms with Crippen LogP contribution in [0.5, 0.6) is 0 Å². The minimum absolute atomic E-state index is 0.387. The number of anilines is 2. The summed E-state index contributed by atoms with van der Waals surface area (Å²) in [4.78, 5) is 11.5. The molecule has 0 fully saturated rings. The van der Waals surface area contributed by atoms with Gasteiger partial charge in [0.05, 0.1) is 0 Å². The van der Waals surface area contributed by atoms with E-state index in [4.69, 9.17) is 0 Å². The largest absolute Gasteiger partial charge is 0.323 e. The van der Waals surface area contributed by atoms with Crippen molar-refractivity contribution < 1.29 is 9.18 Å². The smallest absolute Gasteiger partial charge is 0.308 e. The average molecular weight is 230 g/mol. The molecule has 0 unspecified atom stereocenters. The van der Waals surface area contributed by atoms with Gasteiger partial charge in [0.1, 0.15) is 5.82 Å². The zero-order chi connectivity index (χ0) is 12.1. The van der Waals surface area contributed by atoms with Gasteiger partial charge in [-0.2, -0.15) is 0 Å². The summed E-state index contributed by atoms with van der Waals surface area (Å²) in [6.45, 7) is 0. The highest BCUT2D eigenvalue weighted by Gasteiger charge is 2.02. The second-order valence-electron chi connectivity index (χ2n) is 3.46. The van der Waals surface area contributed by atoms with Crippen molar-refractivity contribution in [1.82, 2.24) is 0 Å². The molecule has 17 heavy (non-hydrogen) atoms. The predicted molar refractivity (Wildman–Crippen MR) is 65.5 cm³/mol. The molecule has 0 heterocycles. The molecule has 0 radical (unpaired) electrons. The number of rotatable bonds is 2. The summed E-state index contributed by atoms with van der Waals surface area (Å²) < 4.78 is 12.9. The molecule has 0 saturated heterocycles. The van der Waals surface area contributed by atoms with Gasteiger partial charge in [0.15, 0.2) is 0 Å². The fraction of sp³-hybridized carbons (Fsp3) is 0. The zero-order valence-corrected chi connectivity index (χ0v) is 8.98. The van der Waals surface area contributed by atoms with Crippen molar-refractivity contribution in [2.75, 3.05) is 10.6 Å². The lowest BCUT2D eigenvalue weighted by Crippen LogP contribution is -2.19. The van der Waals surface area contributed by atoms with Crippen LogP contribution in [-0.4, -0.2) is 6.03 Å². The molecule has 2 rings (SSSR count). The van der Waals surface area contributed by atoms with Crippen LogP contribution < -0.4 is 10.6 Å². The molecule has 4 heteroatoms. The molecule has 0 aliphatic heterocycles. The first kappa shape index (κ1) is 11.1. The number of urea groups is 1. The van der Waals surface area contributed by atoms with Gasteiger partial charge in [-0.25, -0.2) is 9.18 Å². The third-order valence-electron chi connectivity index (χ3n) is 2.11. The van der Waals surface area contributed by atoms with Crippen LogP contribution in [0.3, 0.4) is 0 Å². The summed E-state index contributed by atoms with van der Waals surface area (Å²) in [5.41, 5.74) is 1.10. The van der Waals surface area contributed by atoms with E-state index >= 15 is 0 Å². The molecule has 0 bridgehead atoms. The Morgan fingerprint density at radius 3 is 2.24 bits per heavy atom. The summed E-state index contributed by atoms with van der Waals surface area (Å²) in [5, 5.41) is 5.18. The maximum atomic E-state index is 12.9. The number of hydrogen-bond acceptors (Lipinski definition) is 1. The standard InChI is InChI=1S/C13H11FN2O/c14-10-5-4-8-12(9-10)16-13(17)15-11-6-2-1-3-7-11/h1-9H,(H2,15,16,17). The monoisotopic (exact) mass is 230 g/mol. The minimum atomic E-state index is -0.401. The maximum absolute atomic E-state index is 12.9. The maximum Gasteiger partial charge on any atom is 0.323 e. The Morgan fingerprint density at radius 1 is 0.882 bits per heavy atom. The van der Waals surface area contributed by atoms with Crippen molar-refractivity contribution in [2.24, 2.45) is 0 Å². The Balaban J connectivity index is 1.98. The van der Waals surface area contributed by atoms with E-state index in [2.05, 4.69) is 10.6 Å². The molecule has 2 aromatic rings. The molecule has 0 spiro atoms. The van der Waals surface area contributed by atoms with Gasteiger partial charge in [-0.3, -0.25) is 0 Å². The van der Waals surface area contributed by atoms with E-state index in [0.29, 0.717) is 11.4 Å². The lowest BCUT2D eigenvalue weighted by Gasteiger charge is -2.07. The van der Waals surface area contributed by atoms with Crippen molar-refractivity contribution in [3.63, 3.8) is 0 Å². The van der Waals surface area contributed by atoms with Gasteiger partial charge in [-0.15, -0.1) is 0 Å². The first-order chi connectivity index (χ1) is 8.24. The molecule has 0 aromatic heterocycles. The van der Waals surface area contributed by atoms with E-state index in [-0.39, 0.29) is 5.82 Å². The molecule has 0 aliphatic carbocycles. The van der Waals surface area contributed by atoms with Gasteiger partial charge >= 0.3 is 6.03 Å². The fourth-order valence-corrected chi connectivity index (χ4v) is 1.38. The van der Waals surface area contributed by atoms with Gasteiger partial charge in [0.2, 0.25) is 0 Å². The van der Waals surface area contributed by atoms with Gasteiger partial charge in [-0.1, -0.05) is 24.3 Å². The molecule has 86 valence electrons. The van der Waals surface area contributed by atoms with E-state index in [1.54, 1.807) is 18.2 Å². The predicted octanol–water partition coefficient (Wildman–Crippen LogP) is 3.47. The van der Waals surface area contributed by atoms with Crippen LogP contribution in [0, 0.1) is 5.82 Å². The highest BCUT2D eigenvalue weighted by molar-refractivity contribution is 5.99. The molecule has 0 atom stereocenters. The topological polar surface area (TPSA) is 41.1 Å². The Bertz CT molecular complexity index is 514. The molecule has 0 aliphatic rings. The quantitative estimate of drug-likeness (QED) is 0.814. The van der Waals surface area contributed by atoms with E-state index < -0.39 is 6.03 Å². The minimum Gasteiger partial charge on any atom is -0.308 e. The van der Waals surface area contributed by atoms with Gasteiger partial charge in [0.25, 0.3) is 0 Å². The summed E-state index contributed by atoms with van der Waals surface area (Å²) in [6.07, 6.45) is 0. The second kappa shape index (κ2) is 5.12. The second-order valence-corrected chi connectivity index (χ2v) is 3.46. The van der Waals surface area contributed by atoms with Crippen molar-refractivity contribution in [3.05, 3.63) is 60.4 Å². The average Bonchev–Trinajstić information content (AvgIpc) is 2.30. The Kier molecular flexibility index (Phi) is 3.35. The van der Waals surface area contributed by atoms with Crippen molar-refractivity contribution in [3.8, 4) is 0 Å². The van der Waals surface area contributed by atoms with E-state index in [0.717, 1.165) is 0 Å². The summed E-state index contributed by atoms with van der Waals surface area (Å²) in [6, 6.07) is 14.4. The first-order valence-corrected chi connectivity index (χ1v) is 5.13. The summed E-state index contributed by atoms with van der Waals surface area (Å²) >= 11 is 0. The highest BCUT2D eigenvalue weighted by Crippen LogP contribution is 2.10. The Hall–Kier alpha value is -2.36. The number of halogens is 1. The summed E-state index contributed by atoms with van der Waals surface area (Å²) in [7, 11) is 0. The molecule has 0 saturated carbocycles. The fourth-order valence-electron chi connectivity index (χ4n) is 1.38. The third-order valence-corrected chi connectivity index (χ3v) is 2.11. The SMILES string of the molecule is O=C(Nc1ccccc1)Nc1cccc(F)c1. The van der Waals surface area contributed by atoms with Gasteiger partial charge < -0.3 is 10.6 Å².